The Morgan fingerprint density at radius 1 is 1.00 bits per heavy atom. The highest BCUT2D eigenvalue weighted by molar-refractivity contribution is 6.35. The van der Waals surface area contributed by atoms with Gasteiger partial charge in [-0.3, -0.25) is 9.59 Å². The Labute approximate surface area is 204 Å². The van der Waals surface area contributed by atoms with Crippen molar-refractivity contribution in [3.8, 4) is 5.75 Å². The van der Waals surface area contributed by atoms with E-state index in [0.717, 1.165) is 22.4 Å². The fourth-order valence-corrected chi connectivity index (χ4v) is 3.98. The van der Waals surface area contributed by atoms with Crippen molar-refractivity contribution >= 4 is 35.0 Å². The molecule has 0 unspecified atom stereocenters. The molecule has 0 heterocycles. The molecule has 3 aromatic rings. The summed E-state index contributed by atoms with van der Waals surface area (Å²) in [5, 5.41) is 3.94. The number of ether oxygens (including phenoxy) is 1. The SMILES string of the molecule is CCC(=O)N(Cc1ccc(OC)cc1)[C@@H](C(=O)NCc1ccc(Cl)cc1Cl)c1ccccc1. The van der Waals surface area contributed by atoms with E-state index >= 15 is 0 Å². The average Bonchev–Trinajstić information content (AvgIpc) is 2.83. The summed E-state index contributed by atoms with van der Waals surface area (Å²) in [6, 6.07) is 21.1. The number of halogens is 2. The smallest absolute Gasteiger partial charge is 0.247 e. The number of methoxy groups -OCH3 is 1. The maximum absolute atomic E-state index is 13.5. The van der Waals surface area contributed by atoms with Gasteiger partial charge in [0.2, 0.25) is 11.8 Å². The molecule has 7 heteroatoms. The molecule has 2 amide bonds. The van der Waals surface area contributed by atoms with E-state index < -0.39 is 6.04 Å². The molecule has 0 aliphatic heterocycles. The molecule has 5 nitrogen and oxygen atoms in total. The summed E-state index contributed by atoms with van der Waals surface area (Å²) in [4.78, 5) is 28.1. The van der Waals surface area contributed by atoms with Crippen molar-refractivity contribution in [1.82, 2.24) is 10.2 Å². The largest absolute Gasteiger partial charge is 0.497 e. The molecule has 1 N–H and O–H groups in total. The van der Waals surface area contributed by atoms with Gasteiger partial charge in [-0.1, -0.05) is 78.7 Å². The van der Waals surface area contributed by atoms with Gasteiger partial charge >= 0.3 is 0 Å². The number of rotatable bonds is 9. The molecule has 172 valence electrons. The second-order valence-electron chi connectivity index (χ2n) is 7.49. The molecule has 0 aliphatic rings. The summed E-state index contributed by atoms with van der Waals surface area (Å²) in [5.41, 5.74) is 2.37. The molecule has 0 saturated heterocycles. The zero-order chi connectivity index (χ0) is 23.8. The molecule has 33 heavy (non-hydrogen) atoms. The van der Waals surface area contributed by atoms with E-state index in [-0.39, 0.29) is 31.3 Å². The van der Waals surface area contributed by atoms with Gasteiger partial charge in [-0.25, -0.2) is 0 Å². The first-order valence-electron chi connectivity index (χ1n) is 10.6. The average molecular weight is 485 g/mol. The molecule has 0 bridgehead atoms. The molecule has 3 rings (SSSR count). The van der Waals surface area contributed by atoms with Crippen molar-refractivity contribution in [1.29, 1.82) is 0 Å². The third-order valence-corrected chi connectivity index (χ3v) is 5.87. The molecule has 0 fully saturated rings. The van der Waals surface area contributed by atoms with E-state index in [1.165, 1.54) is 0 Å². The van der Waals surface area contributed by atoms with Gasteiger partial charge < -0.3 is 15.0 Å². The highest BCUT2D eigenvalue weighted by atomic mass is 35.5. The second-order valence-corrected chi connectivity index (χ2v) is 8.33. The number of amides is 2. The van der Waals surface area contributed by atoms with Gasteiger partial charge in [0.1, 0.15) is 11.8 Å². The van der Waals surface area contributed by atoms with E-state index in [1.54, 1.807) is 37.1 Å². The van der Waals surface area contributed by atoms with Gasteiger partial charge in [-0.05, 0) is 41.0 Å². The normalized spacial score (nSPS) is 11.5. The summed E-state index contributed by atoms with van der Waals surface area (Å²) in [6.07, 6.45) is 0.274. The minimum absolute atomic E-state index is 0.126. The quantitative estimate of drug-likeness (QED) is 0.417. The lowest BCUT2D eigenvalue weighted by Gasteiger charge is -2.31. The van der Waals surface area contributed by atoms with Gasteiger partial charge in [0.15, 0.2) is 0 Å². The number of benzene rings is 3. The predicted octanol–water partition coefficient (Wildman–Crippen LogP) is 5.80. The monoisotopic (exact) mass is 484 g/mol. The van der Waals surface area contributed by atoms with Gasteiger partial charge in [0.05, 0.1) is 7.11 Å². The third kappa shape index (κ3) is 6.50. The standard InChI is InChI=1S/C26H26Cl2N2O3/c1-3-24(31)30(17-18-9-13-22(33-2)14-10-18)25(19-7-5-4-6-8-19)26(32)29-16-20-11-12-21(27)15-23(20)28/h4-15,25H,3,16-17H2,1-2H3,(H,29,32)/t25-/m1/s1. The van der Waals surface area contributed by atoms with Crippen LogP contribution in [0.4, 0.5) is 0 Å². The molecule has 3 aromatic carbocycles. The summed E-state index contributed by atoms with van der Waals surface area (Å²) in [6.45, 7) is 2.29. The minimum Gasteiger partial charge on any atom is -0.497 e. The molecule has 1 atom stereocenters. The summed E-state index contributed by atoms with van der Waals surface area (Å²) >= 11 is 12.2. The number of hydrogen-bond acceptors (Lipinski definition) is 3. The van der Waals surface area contributed by atoms with Gasteiger partial charge in [-0.15, -0.1) is 0 Å². The second kappa shape index (κ2) is 11.7. The van der Waals surface area contributed by atoms with Crippen molar-refractivity contribution in [3.05, 3.63) is 99.5 Å². The Bertz CT molecular complexity index is 1090. The van der Waals surface area contributed by atoms with E-state index in [1.807, 2.05) is 54.6 Å². The van der Waals surface area contributed by atoms with Crippen molar-refractivity contribution < 1.29 is 14.3 Å². The van der Waals surface area contributed by atoms with Crippen LogP contribution >= 0.6 is 23.2 Å². The van der Waals surface area contributed by atoms with Crippen LogP contribution in [0.5, 0.6) is 5.75 Å². The van der Waals surface area contributed by atoms with Crippen LogP contribution in [0.2, 0.25) is 10.0 Å². The summed E-state index contributed by atoms with van der Waals surface area (Å²) < 4.78 is 5.23. The fourth-order valence-electron chi connectivity index (χ4n) is 3.51. The van der Waals surface area contributed by atoms with Crippen LogP contribution in [-0.2, 0) is 22.7 Å². The van der Waals surface area contributed by atoms with Gasteiger partial charge in [0, 0.05) is 29.6 Å². The highest BCUT2D eigenvalue weighted by Crippen LogP contribution is 2.26. The summed E-state index contributed by atoms with van der Waals surface area (Å²) in [7, 11) is 1.60. The Hall–Kier alpha value is -3.02. The molecular weight excluding hydrogens is 459 g/mol. The lowest BCUT2D eigenvalue weighted by atomic mass is 10.0. The van der Waals surface area contributed by atoms with Crippen LogP contribution in [0.1, 0.15) is 36.1 Å². The maximum atomic E-state index is 13.5. The van der Waals surface area contributed by atoms with Crippen molar-refractivity contribution in [3.63, 3.8) is 0 Å². The number of nitrogens with one attached hydrogen (secondary N) is 1. The molecular formula is C26H26Cl2N2O3. The third-order valence-electron chi connectivity index (χ3n) is 5.28. The van der Waals surface area contributed by atoms with Crippen LogP contribution in [0.3, 0.4) is 0 Å². The van der Waals surface area contributed by atoms with E-state index in [0.29, 0.717) is 10.0 Å². The number of nitrogens with zero attached hydrogens (tertiary/aromatic N) is 1. The van der Waals surface area contributed by atoms with Crippen LogP contribution in [0.25, 0.3) is 0 Å². The zero-order valence-corrected chi connectivity index (χ0v) is 20.1. The first-order chi connectivity index (χ1) is 15.9. The maximum Gasteiger partial charge on any atom is 0.247 e. The number of carbonyl (C=O) groups is 2. The Morgan fingerprint density at radius 3 is 2.30 bits per heavy atom. The first-order valence-corrected chi connectivity index (χ1v) is 11.4. The van der Waals surface area contributed by atoms with E-state index in [9.17, 15) is 9.59 Å². The Balaban J connectivity index is 1.90. The van der Waals surface area contributed by atoms with Gasteiger partial charge in [0.25, 0.3) is 0 Å². The van der Waals surface area contributed by atoms with Crippen LogP contribution in [0, 0.1) is 0 Å². The highest BCUT2D eigenvalue weighted by Gasteiger charge is 2.30. The van der Waals surface area contributed by atoms with Crippen LogP contribution < -0.4 is 10.1 Å². The molecule has 0 saturated carbocycles. The van der Waals surface area contributed by atoms with Gasteiger partial charge in [-0.2, -0.15) is 0 Å². The fraction of sp³-hybridized carbons (Fsp3) is 0.231. The lowest BCUT2D eigenvalue weighted by Crippen LogP contribution is -2.43. The first kappa shape index (κ1) is 24.6. The van der Waals surface area contributed by atoms with Crippen LogP contribution in [-0.4, -0.2) is 23.8 Å². The van der Waals surface area contributed by atoms with Crippen molar-refractivity contribution in [2.24, 2.45) is 0 Å². The number of carbonyl (C=O) groups excluding carboxylic acids is 2. The van der Waals surface area contributed by atoms with E-state index in [4.69, 9.17) is 27.9 Å². The van der Waals surface area contributed by atoms with Crippen LogP contribution in [0.15, 0.2) is 72.8 Å². The molecule has 0 radical (unpaired) electrons. The Kier molecular flexibility index (Phi) is 8.75. The van der Waals surface area contributed by atoms with Crippen molar-refractivity contribution in [2.75, 3.05) is 7.11 Å². The zero-order valence-electron chi connectivity index (χ0n) is 18.6. The summed E-state index contributed by atoms with van der Waals surface area (Å²) in [5.74, 6) is 0.311. The Morgan fingerprint density at radius 2 is 1.70 bits per heavy atom. The number of hydrogen-bond donors (Lipinski definition) is 1. The molecule has 0 spiro atoms. The van der Waals surface area contributed by atoms with Crippen molar-refractivity contribution in [2.45, 2.75) is 32.5 Å². The lowest BCUT2D eigenvalue weighted by molar-refractivity contribution is -0.141. The molecule has 0 aromatic heterocycles. The minimum atomic E-state index is -0.799. The topological polar surface area (TPSA) is 58.6 Å². The molecule has 0 aliphatic carbocycles. The predicted molar refractivity (Wildman–Crippen MR) is 131 cm³/mol. The van der Waals surface area contributed by atoms with E-state index in [2.05, 4.69) is 5.32 Å².